The molecule has 0 aliphatic carbocycles. The fourth-order valence-corrected chi connectivity index (χ4v) is 3.15. The van der Waals surface area contributed by atoms with Crippen LogP contribution in [0.2, 0.25) is 0 Å². The van der Waals surface area contributed by atoms with Crippen LogP contribution in [0.1, 0.15) is 26.7 Å². The second-order valence-corrected chi connectivity index (χ2v) is 5.26. The molecule has 2 amide bonds. The maximum atomic E-state index is 12.3. The largest absolute Gasteiger partial charge is 0.480 e. The van der Waals surface area contributed by atoms with Crippen LogP contribution in [0.5, 0.6) is 0 Å². The minimum atomic E-state index is -1.24. The van der Waals surface area contributed by atoms with Crippen LogP contribution in [0.15, 0.2) is 0 Å². The molecule has 3 atom stereocenters. The standard InChI is InChI=1S/C12H18N2O5/c1-7(15)9(10(17)18)13-6-12(11(13)19)4-3-5-14(12)8(2)16/h7,9,15H,3-6H2,1-2H3,(H,17,18)/t7-,9+,12?/m1/s1. The number of β-lactam (4-membered cyclic amide) rings is 1. The molecule has 1 unspecified atom stereocenters. The summed E-state index contributed by atoms with van der Waals surface area (Å²) in [6, 6.07) is -1.24. The lowest BCUT2D eigenvalue weighted by molar-refractivity contribution is -0.179. The van der Waals surface area contributed by atoms with Crippen LogP contribution < -0.4 is 0 Å². The average molecular weight is 270 g/mol. The average Bonchev–Trinajstić information content (AvgIpc) is 2.74. The molecule has 0 radical (unpaired) electrons. The van der Waals surface area contributed by atoms with Gasteiger partial charge in [-0.1, -0.05) is 0 Å². The minimum Gasteiger partial charge on any atom is -0.480 e. The molecule has 2 aliphatic rings. The summed E-state index contributed by atoms with van der Waals surface area (Å²) in [5.74, 6) is -1.77. The number of carbonyl (C=O) groups is 3. The lowest BCUT2D eigenvalue weighted by Crippen LogP contribution is -2.76. The summed E-state index contributed by atoms with van der Waals surface area (Å²) in [7, 11) is 0. The lowest BCUT2D eigenvalue weighted by atomic mass is 9.83. The fraction of sp³-hybridized carbons (Fsp3) is 0.750. The third-order valence-corrected chi connectivity index (χ3v) is 4.01. The number of hydrogen-bond donors (Lipinski definition) is 2. The summed E-state index contributed by atoms with van der Waals surface area (Å²) >= 11 is 0. The van der Waals surface area contributed by atoms with Crippen molar-refractivity contribution in [1.82, 2.24) is 9.80 Å². The molecule has 7 nitrogen and oxygen atoms in total. The van der Waals surface area contributed by atoms with Crippen molar-refractivity contribution < 1.29 is 24.6 Å². The monoisotopic (exact) mass is 270 g/mol. The number of nitrogens with zero attached hydrogens (tertiary/aromatic N) is 2. The molecule has 0 aromatic rings. The molecular weight excluding hydrogens is 252 g/mol. The van der Waals surface area contributed by atoms with E-state index >= 15 is 0 Å². The van der Waals surface area contributed by atoms with Gasteiger partial charge in [-0.2, -0.15) is 0 Å². The number of aliphatic hydroxyl groups is 1. The highest BCUT2D eigenvalue weighted by Crippen LogP contribution is 2.40. The van der Waals surface area contributed by atoms with Crippen LogP contribution in [0.25, 0.3) is 0 Å². The van der Waals surface area contributed by atoms with Crippen LogP contribution >= 0.6 is 0 Å². The summed E-state index contributed by atoms with van der Waals surface area (Å²) in [6.07, 6.45) is 0.158. The van der Waals surface area contributed by atoms with Crippen molar-refractivity contribution in [2.45, 2.75) is 44.4 Å². The third kappa shape index (κ3) is 1.88. The van der Waals surface area contributed by atoms with Crippen LogP contribution in [0.4, 0.5) is 0 Å². The van der Waals surface area contributed by atoms with Crippen molar-refractivity contribution in [3.8, 4) is 0 Å². The zero-order valence-corrected chi connectivity index (χ0v) is 11.0. The first-order chi connectivity index (χ1) is 8.81. The first-order valence-electron chi connectivity index (χ1n) is 6.31. The van der Waals surface area contributed by atoms with Gasteiger partial charge in [0.1, 0.15) is 5.54 Å². The number of aliphatic hydroxyl groups excluding tert-OH is 1. The van der Waals surface area contributed by atoms with Gasteiger partial charge in [0.05, 0.1) is 12.6 Å². The van der Waals surface area contributed by atoms with E-state index in [1.165, 1.54) is 18.7 Å². The predicted molar refractivity (Wildman–Crippen MR) is 64.2 cm³/mol. The van der Waals surface area contributed by atoms with Gasteiger partial charge in [-0.3, -0.25) is 9.59 Å². The van der Waals surface area contributed by atoms with E-state index in [0.29, 0.717) is 13.0 Å². The van der Waals surface area contributed by atoms with Crippen molar-refractivity contribution in [1.29, 1.82) is 0 Å². The number of amides is 2. The van der Waals surface area contributed by atoms with E-state index < -0.39 is 23.7 Å². The molecule has 0 saturated carbocycles. The summed E-state index contributed by atoms with van der Waals surface area (Å²) < 4.78 is 0. The normalized spacial score (nSPS) is 29.3. The first kappa shape index (κ1) is 13.8. The number of likely N-dealkylation sites (tertiary alicyclic amines) is 2. The van der Waals surface area contributed by atoms with Crippen LogP contribution in [0, 0.1) is 0 Å². The zero-order chi connectivity index (χ0) is 14.4. The van der Waals surface area contributed by atoms with Gasteiger partial charge in [0.25, 0.3) is 5.91 Å². The molecule has 7 heteroatoms. The maximum Gasteiger partial charge on any atom is 0.329 e. The first-order valence-corrected chi connectivity index (χ1v) is 6.31. The van der Waals surface area contributed by atoms with Gasteiger partial charge in [-0.05, 0) is 19.8 Å². The Morgan fingerprint density at radius 1 is 1.42 bits per heavy atom. The molecule has 2 fully saturated rings. The molecule has 19 heavy (non-hydrogen) atoms. The van der Waals surface area contributed by atoms with E-state index in [-0.39, 0.29) is 18.4 Å². The summed E-state index contributed by atoms with van der Waals surface area (Å²) in [6.45, 7) is 3.47. The number of rotatable bonds is 3. The molecule has 0 bridgehead atoms. The van der Waals surface area contributed by atoms with E-state index in [1.54, 1.807) is 0 Å². The van der Waals surface area contributed by atoms with Crippen molar-refractivity contribution in [2.75, 3.05) is 13.1 Å². The van der Waals surface area contributed by atoms with Gasteiger partial charge in [0.2, 0.25) is 5.91 Å². The van der Waals surface area contributed by atoms with E-state index in [9.17, 15) is 19.5 Å². The molecule has 2 rings (SSSR count). The Balaban J connectivity index is 2.19. The summed E-state index contributed by atoms with van der Waals surface area (Å²) in [5, 5.41) is 18.6. The Kier molecular flexibility index (Phi) is 3.25. The number of hydrogen-bond acceptors (Lipinski definition) is 4. The minimum absolute atomic E-state index is 0.172. The van der Waals surface area contributed by atoms with Crippen molar-refractivity contribution >= 4 is 17.8 Å². The molecule has 1 spiro atoms. The molecule has 0 aromatic carbocycles. The van der Waals surface area contributed by atoms with Crippen molar-refractivity contribution in [2.24, 2.45) is 0 Å². The predicted octanol–water partition coefficient (Wildman–Crippen LogP) is -0.956. The molecule has 2 aliphatic heterocycles. The SMILES string of the molecule is CC(=O)N1CCCC12CN([C@H](C(=O)O)[C@@H](C)O)C2=O. The Morgan fingerprint density at radius 2 is 2.05 bits per heavy atom. The highest BCUT2D eigenvalue weighted by atomic mass is 16.4. The lowest BCUT2D eigenvalue weighted by Gasteiger charge is -2.53. The molecule has 106 valence electrons. The second kappa shape index (κ2) is 4.48. The van der Waals surface area contributed by atoms with Crippen LogP contribution in [0.3, 0.4) is 0 Å². The molecular formula is C12H18N2O5. The van der Waals surface area contributed by atoms with Crippen LogP contribution in [-0.2, 0) is 14.4 Å². The van der Waals surface area contributed by atoms with Crippen molar-refractivity contribution in [3.05, 3.63) is 0 Å². The van der Waals surface area contributed by atoms with Gasteiger partial charge in [0.15, 0.2) is 6.04 Å². The topological polar surface area (TPSA) is 98.2 Å². The number of aliphatic carboxylic acids is 1. The van der Waals surface area contributed by atoms with E-state index in [4.69, 9.17) is 5.11 Å². The van der Waals surface area contributed by atoms with E-state index in [2.05, 4.69) is 0 Å². The van der Waals surface area contributed by atoms with Gasteiger partial charge in [-0.15, -0.1) is 0 Å². The Bertz CT molecular complexity index is 436. The van der Waals surface area contributed by atoms with E-state index in [1.807, 2.05) is 0 Å². The quantitative estimate of drug-likeness (QED) is 0.644. The highest BCUT2D eigenvalue weighted by Gasteiger charge is 2.61. The molecule has 2 N–H and O–H groups in total. The summed E-state index contributed by atoms with van der Waals surface area (Å²) in [4.78, 5) is 37.6. The highest BCUT2D eigenvalue weighted by molar-refractivity contribution is 5.99. The van der Waals surface area contributed by atoms with Crippen LogP contribution in [-0.4, -0.2) is 68.6 Å². The Hall–Kier alpha value is -1.63. The zero-order valence-electron chi connectivity index (χ0n) is 11.0. The Labute approximate surface area is 110 Å². The number of carboxylic acid groups (broad SMARTS) is 1. The molecule has 0 aromatic heterocycles. The van der Waals surface area contributed by atoms with Gasteiger partial charge in [-0.25, -0.2) is 4.79 Å². The Morgan fingerprint density at radius 3 is 2.47 bits per heavy atom. The number of carboxylic acids is 1. The fourth-order valence-electron chi connectivity index (χ4n) is 3.15. The second-order valence-electron chi connectivity index (χ2n) is 5.26. The number of carbonyl (C=O) groups excluding carboxylic acids is 2. The smallest absolute Gasteiger partial charge is 0.329 e. The maximum absolute atomic E-state index is 12.3. The molecule has 2 saturated heterocycles. The van der Waals surface area contributed by atoms with E-state index in [0.717, 1.165) is 11.3 Å². The van der Waals surface area contributed by atoms with Gasteiger partial charge >= 0.3 is 5.97 Å². The van der Waals surface area contributed by atoms with Gasteiger partial charge in [0, 0.05) is 13.5 Å². The third-order valence-electron chi connectivity index (χ3n) is 4.01. The van der Waals surface area contributed by atoms with Crippen molar-refractivity contribution in [3.63, 3.8) is 0 Å². The summed E-state index contributed by atoms with van der Waals surface area (Å²) in [5.41, 5.74) is -0.867. The molecule has 2 heterocycles. The van der Waals surface area contributed by atoms with Gasteiger partial charge < -0.3 is 20.0 Å².